The summed E-state index contributed by atoms with van der Waals surface area (Å²) < 4.78 is 0. The maximum absolute atomic E-state index is 3.65. The molecule has 0 aromatic heterocycles. The first-order valence-electron chi connectivity index (χ1n) is 6.73. The van der Waals surface area contributed by atoms with Gasteiger partial charge in [-0.05, 0) is 24.7 Å². The van der Waals surface area contributed by atoms with Crippen molar-refractivity contribution in [1.29, 1.82) is 0 Å². The fourth-order valence-corrected chi connectivity index (χ4v) is 3.47. The highest BCUT2D eigenvalue weighted by molar-refractivity contribution is 9.09. The second-order valence-corrected chi connectivity index (χ2v) is 6.37. The average molecular weight is 289 g/mol. The van der Waals surface area contributed by atoms with Gasteiger partial charge in [0.15, 0.2) is 0 Å². The Balaban J connectivity index is 1.71. The fraction of sp³-hybridized carbons (Fsp3) is 1.00. The zero-order valence-corrected chi connectivity index (χ0v) is 12.2. The minimum absolute atomic E-state index is 0.792. The molecule has 1 atom stereocenters. The summed E-state index contributed by atoms with van der Waals surface area (Å²) in [5, 5.41) is 1.15. The minimum atomic E-state index is 0.792. The van der Waals surface area contributed by atoms with Gasteiger partial charge in [0.05, 0.1) is 0 Å². The molecule has 2 aliphatic rings. The molecule has 0 amide bonds. The highest BCUT2D eigenvalue weighted by Crippen LogP contribution is 2.27. The molecule has 2 nitrogen and oxygen atoms in total. The van der Waals surface area contributed by atoms with Gasteiger partial charge in [-0.2, -0.15) is 0 Å². The molecule has 16 heavy (non-hydrogen) atoms. The van der Waals surface area contributed by atoms with Gasteiger partial charge in [0, 0.05) is 44.1 Å². The molecule has 94 valence electrons. The predicted octanol–water partition coefficient (Wildman–Crippen LogP) is 2.43. The van der Waals surface area contributed by atoms with Crippen molar-refractivity contribution in [2.75, 3.05) is 38.1 Å². The van der Waals surface area contributed by atoms with E-state index in [1.807, 2.05) is 0 Å². The van der Waals surface area contributed by atoms with Gasteiger partial charge in [-0.3, -0.25) is 4.90 Å². The Hall–Kier alpha value is 0.400. The molecule has 1 heterocycles. The first kappa shape index (κ1) is 12.8. The minimum Gasteiger partial charge on any atom is -0.300 e. The van der Waals surface area contributed by atoms with E-state index in [-0.39, 0.29) is 0 Å². The third kappa shape index (κ3) is 3.44. The van der Waals surface area contributed by atoms with E-state index in [0.717, 1.165) is 23.2 Å². The number of halogens is 1. The number of piperazine rings is 1. The van der Waals surface area contributed by atoms with Gasteiger partial charge >= 0.3 is 0 Å². The van der Waals surface area contributed by atoms with Gasteiger partial charge in [-0.25, -0.2) is 0 Å². The molecule has 3 heteroatoms. The smallest absolute Gasteiger partial charge is 0.0113 e. The highest BCUT2D eigenvalue weighted by Gasteiger charge is 2.31. The van der Waals surface area contributed by atoms with Gasteiger partial charge in [0.1, 0.15) is 0 Å². The fourth-order valence-electron chi connectivity index (χ4n) is 2.52. The van der Waals surface area contributed by atoms with Crippen LogP contribution in [-0.2, 0) is 0 Å². The Labute approximate surface area is 108 Å². The summed E-state index contributed by atoms with van der Waals surface area (Å²) in [5.41, 5.74) is 0. The number of nitrogens with zero attached hydrogens (tertiary/aromatic N) is 2. The van der Waals surface area contributed by atoms with Crippen LogP contribution in [0.25, 0.3) is 0 Å². The molecule has 0 bridgehead atoms. The van der Waals surface area contributed by atoms with Crippen molar-refractivity contribution in [2.45, 2.75) is 32.7 Å². The Bertz CT molecular complexity index is 208. The molecular formula is C13H25BrN2. The molecule has 1 aliphatic heterocycles. The summed E-state index contributed by atoms with van der Waals surface area (Å²) in [4.78, 5) is 5.35. The van der Waals surface area contributed by atoms with Crippen LogP contribution >= 0.6 is 15.9 Å². The first-order chi connectivity index (χ1) is 7.70. The van der Waals surface area contributed by atoms with Crippen LogP contribution in [0.5, 0.6) is 0 Å². The van der Waals surface area contributed by atoms with E-state index >= 15 is 0 Å². The summed E-state index contributed by atoms with van der Waals surface area (Å²) in [6, 6.07) is 0.958. The lowest BCUT2D eigenvalue weighted by Crippen LogP contribution is -2.48. The van der Waals surface area contributed by atoms with Crippen molar-refractivity contribution < 1.29 is 0 Å². The SMILES string of the molecule is CC(C)C(CBr)CN1CCN(C2CC2)CC1. The quantitative estimate of drug-likeness (QED) is 0.717. The van der Waals surface area contributed by atoms with Crippen molar-refractivity contribution in [3.63, 3.8) is 0 Å². The number of alkyl halides is 1. The zero-order valence-electron chi connectivity index (χ0n) is 10.7. The molecule has 1 unspecified atom stereocenters. The average Bonchev–Trinajstić information content (AvgIpc) is 3.10. The normalized spacial score (nSPS) is 26.2. The van der Waals surface area contributed by atoms with Gasteiger partial charge in [-0.15, -0.1) is 0 Å². The molecule has 0 radical (unpaired) electrons. The largest absolute Gasteiger partial charge is 0.300 e. The van der Waals surface area contributed by atoms with E-state index in [4.69, 9.17) is 0 Å². The van der Waals surface area contributed by atoms with Gasteiger partial charge in [0.25, 0.3) is 0 Å². The molecular weight excluding hydrogens is 264 g/mol. The van der Waals surface area contributed by atoms with Crippen LogP contribution in [0.1, 0.15) is 26.7 Å². The molecule has 0 spiro atoms. The summed E-state index contributed by atoms with van der Waals surface area (Å²) in [5.74, 6) is 1.60. The van der Waals surface area contributed by atoms with Crippen LogP contribution in [0.2, 0.25) is 0 Å². The van der Waals surface area contributed by atoms with Crippen molar-refractivity contribution in [1.82, 2.24) is 9.80 Å². The van der Waals surface area contributed by atoms with E-state index in [9.17, 15) is 0 Å². The van der Waals surface area contributed by atoms with Crippen LogP contribution in [0.4, 0.5) is 0 Å². The second kappa shape index (κ2) is 5.83. The number of hydrogen-bond acceptors (Lipinski definition) is 2. The summed E-state index contributed by atoms with van der Waals surface area (Å²) in [7, 11) is 0. The molecule has 2 rings (SSSR count). The first-order valence-corrected chi connectivity index (χ1v) is 7.85. The Kier molecular flexibility index (Phi) is 4.68. The van der Waals surface area contributed by atoms with Gasteiger partial charge in [0.2, 0.25) is 0 Å². The van der Waals surface area contributed by atoms with Crippen LogP contribution in [-0.4, -0.2) is 53.9 Å². The van der Waals surface area contributed by atoms with Crippen molar-refractivity contribution in [3.8, 4) is 0 Å². The highest BCUT2D eigenvalue weighted by atomic mass is 79.9. The third-order valence-electron chi connectivity index (χ3n) is 4.10. The summed E-state index contributed by atoms with van der Waals surface area (Å²) in [6.45, 7) is 11.1. The van der Waals surface area contributed by atoms with Crippen molar-refractivity contribution in [2.24, 2.45) is 11.8 Å². The number of rotatable bonds is 5. The second-order valence-electron chi connectivity index (χ2n) is 5.73. The van der Waals surface area contributed by atoms with Crippen LogP contribution in [0, 0.1) is 11.8 Å². The van der Waals surface area contributed by atoms with Crippen LogP contribution in [0.3, 0.4) is 0 Å². The van der Waals surface area contributed by atoms with Crippen molar-refractivity contribution >= 4 is 15.9 Å². The number of hydrogen-bond donors (Lipinski definition) is 0. The monoisotopic (exact) mass is 288 g/mol. The van der Waals surface area contributed by atoms with Crippen molar-refractivity contribution in [3.05, 3.63) is 0 Å². The summed E-state index contributed by atoms with van der Waals surface area (Å²) in [6.07, 6.45) is 2.91. The lowest BCUT2D eigenvalue weighted by Gasteiger charge is -2.37. The lowest BCUT2D eigenvalue weighted by molar-refractivity contribution is 0.108. The van der Waals surface area contributed by atoms with E-state index in [1.54, 1.807) is 0 Å². The molecule has 1 saturated heterocycles. The van der Waals surface area contributed by atoms with Gasteiger partial charge < -0.3 is 4.90 Å². The predicted molar refractivity (Wildman–Crippen MR) is 73.2 cm³/mol. The molecule has 2 fully saturated rings. The zero-order chi connectivity index (χ0) is 11.5. The standard InChI is InChI=1S/C13H25BrN2/c1-11(2)12(9-14)10-15-5-7-16(8-6-15)13-3-4-13/h11-13H,3-10H2,1-2H3. The molecule has 0 N–H and O–H groups in total. The molecule has 1 saturated carbocycles. The van der Waals surface area contributed by atoms with Crippen LogP contribution in [0.15, 0.2) is 0 Å². The molecule has 0 aromatic rings. The van der Waals surface area contributed by atoms with E-state index in [1.165, 1.54) is 45.6 Å². The Morgan fingerprint density at radius 3 is 2.19 bits per heavy atom. The lowest BCUT2D eigenvalue weighted by atomic mass is 9.97. The Morgan fingerprint density at radius 2 is 1.75 bits per heavy atom. The maximum Gasteiger partial charge on any atom is 0.0113 e. The van der Waals surface area contributed by atoms with Crippen LogP contribution < -0.4 is 0 Å². The molecule has 1 aliphatic carbocycles. The third-order valence-corrected chi connectivity index (χ3v) is 4.94. The van der Waals surface area contributed by atoms with Gasteiger partial charge in [-0.1, -0.05) is 29.8 Å². The topological polar surface area (TPSA) is 6.48 Å². The Morgan fingerprint density at radius 1 is 1.12 bits per heavy atom. The summed E-state index contributed by atoms with van der Waals surface area (Å²) >= 11 is 3.65. The molecule has 0 aromatic carbocycles. The van der Waals surface area contributed by atoms with E-state index in [0.29, 0.717) is 0 Å². The van der Waals surface area contributed by atoms with E-state index < -0.39 is 0 Å². The van der Waals surface area contributed by atoms with E-state index in [2.05, 4.69) is 39.6 Å². The maximum atomic E-state index is 3.65.